The van der Waals surface area contributed by atoms with E-state index < -0.39 is 11.7 Å². The summed E-state index contributed by atoms with van der Waals surface area (Å²) in [4.78, 5) is 0. The maximum absolute atomic E-state index is 11.2. The first kappa shape index (κ1) is 17.8. The Hall–Kier alpha value is -2.28. The minimum atomic E-state index is -0.637. The molecule has 0 amide bonds. The third-order valence-electron chi connectivity index (χ3n) is 6.60. The van der Waals surface area contributed by atoms with Crippen molar-refractivity contribution in [3.63, 3.8) is 0 Å². The molecule has 2 aliphatic rings. The lowest BCUT2D eigenvalue weighted by molar-refractivity contribution is 0.0362. The lowest BCUT2D eigenvalue weighted by Crippen LogP contribution is -2.35. The van der Waals surface area contributed by atoms with E-state index in [2.05, 4.69) is 32.9 Å². The van der Waals surface area contributed by atoms with Gasteiger partial charge < -0.3 is 15.5 Å². The van der Waals surface area contributed by atoms with Crippen LogP contribution >= 0.6 is 0 Å². The van der Waals surface area contributed by atoms with E-state index in [-0.39, 0.29) is 6.04 Å². The number of aromatic amines is 1. The fourth-order valence-corrected chi connectivity index (χ4v) is 5.30. The summed E-state index contributed by atoms with van der Waals surface area (Å²) >= 11 is 0. The zero-order valence-electron chi connectivity index (χ0n) is 15.8. The molecule has 0 spiro atoms. The number of benzene rings is 2. The molecule has 1 aliphatic heterocycles. The topological polar surface area (TPSA) is 94.1 Å². The molecule has 28 heavy (non-hydrogen) atoms. The Morgan fingerprint density at radius 2 is 1.89 bits per heavy atom. The van der Waals surface area contributed by atoms with Gasteiger partial charge >= 0.3 is 0 Å². The molecule has 1 aromatic heterocycles. The molecular formula is C22H26N4O2. The Labute approximate surface area is 164 Å². The fraction of sp³-hybridized carbons (Fsp3) is 0.455. The predicted molar refractivity (Wildman–Crippen MR) is 107 cm³/mol. The van der Waals surface area contributed by atoms with Crippen molar-refractivity contribution in [2.45, 2.75) is 43.4 Å². The number of nitrogens with one attached hydrogen (secondary N) is 2. The highest BCUT2D eigenvalue weighted by atomic mass is 16.3. The van der Waals surface area contributed by atoms with Crippen molar-refractivity contribution in [2.75, 3.05) is 6.54 Å². The maximum Gasteiger partial charge on any atom is 0.113 e. The van der Waals surface area contributed by atoms with Gasteiger partial charge in [-0.2, -0.15) is 15.4 Å². The van der Waals surface area contributed by atoms with Crippen molar-refractivity contribution in [1.29, 1.82) is 0 Å². The SMILES string of the molecule is OC(CC1NCC2CC(O)(Cc3ccccc3)CC21)c1ccc2n[nH]nc2c1. The molecular weight excluding hydrogens is 352 g/mol. The number of fused-ring (bicyclic) bond motifs is 2. The minimum absolute atomic E-state index is 0.220. The summed E-state index contributed by atoms with van der Waals surface area (Å²) in [5, 5.41) is 36.4. The summed E-state index contributed by atoms with van der Waals surface area (Å²) < 4.78 is 0. The summed E-state index contributed by atoms with van der Waals surface area (Å²) in [5.41, 5.74) is 2.99. The Morgan fingerprint density at radius 1 is 1.07 bits per heavy atom. The summed E-state index contributed by atoms with van der Waals surface area (Å²) in [7, 11) is 0. The highest BCUT2D eigenvalue weighted by Gasteiger charge is 2.50. The number of hydrogen-bond acceptors (Lipinski definition) is 5. The van der Waals surface area contributed by atoms with Gasteiger partial charge in [0.2, 0.25) is 0 Å². The highest BCUT2D eigenvalue weighted by molar-refractivity contribution is 5.74. The molecule has 146 valence electrons. The first-order chi connectivity index (χ1) is 13.6. The number of aliphatic hydroxyl groups is 2. The lowest BCUT2D eigenvalue weighted by Gasteiger charge is -2.27. The van der Waals surface area contributed by atoms with Crippen molar-refractivity contribution >= 4 is 11.0 Å². The molecule has 0 radical (unpaired) electrons. The second-order valence-corrected chi connectivity index (χ2v) is 8.56. The van der Waals surface area contributed by atoms with Crippen LogP contribution in [0.2, 0.25) is 0 Å². The third-order valence-corrected chi connectivity index (χ3v) is 6.60. The molecule has 3 aromatic rings. The summed E-state index contributed by atoms with van der Waals surface area (Å²) in [6, 6.07) is 16.2. The van der Waals surface area contributed by atoms with Crippen LogP contribution in [0.15, 0.2) is 48.5 Å². The van der Waals surface area contributed by atoms with Gasteiger partial charge in [0.05, 0.1) is 11.7 Å². The van der Waals surface area contributed by atoms with Crippen LogP contribution in [0.5, 0.6) is 0 Å². The summed E-state index contributed by atoms with van der Waals surface area (Å²) in [6.07, 6.45) is 2.42. The molecule has 5 unspecified atom stereocenters. The smallest absolute Gasteiger partial charge is 0.113 e. The van der Waals surface area contributed by atoms with Gasteiger partial charge in [-0.3, -0.25) is 0 Å². The molecule has 4 N–H and O–H groups in total. The quantitative estimate of drug-likeness (QED) is 0.547. The van der Waals surface area contributed by atoms with E-state index in [0.717, 1.165) is 36.0 Å². The van der Waals surface area contributed by atoms with E-state index in [4.69, 9.17) is 0 Å². The van der Waals surface area contributed by atoms with Crippen molar-refractivity contribution < 1.29 is 10.2 Å². The molecule has 1 saturated carbocycles. The molecule has 0 bridgehead atoms. The van der Waals surface area contributed by atoms with E-state index in [9.17, 15) is 10.2 Å². The Bertz CT molecular complexity index is 959. The molecule has 2 heterocycles. The molecule has 5 atom stereocenters. The van der Waals surface area contributed by atoms with E-state index >= 15 is 0 Å². The van der Waals surface area contributed by atoms with E-state index in [1.165, 1.54) is 5.56 Å². The van der Waals surface area contributed by atoms with Gasteiger partial charge in [-0.05, 0) is 60.9 Å². The maximum atomic E-state index is 11.2. The number of H-pyrrole nitrogens is 1. The number of hydrogen-bond donors (Lipinski definition) is 4. The van der Waals surface area contributed by atoms with Gasteiger partial charge in [-0.15, -0.1) is 0 Å². The summed E-state index contributed by atoms with van der Waals surface area (Å²) in [6.45, 7) is 0.918. The standard InChI is InChI=1S/C22H26N4O2/c27-21(15-6-7-18-20(8-15)25-26-24-18)9-19-17-12-22(28,11-16(17)13-23-19)10-14-4-2-1-3-5-14/h1-8,16-17,19,21,23,27-28H,9-13H2,(H,24,25,26). The van der Waals surface area contributed by atoms with Crippen LogP contribution in [0.1, 0.15) is 36.5 Å². The zero-order chi connectivity index (χ0) is 19.1. The molecule has 5 rings (SSSR count). The largest absolute Gasteiger partial charge is 0.390 e. The van der Waals surface area contributed by atoms with Crippen molar-refractivity contribution in [2.24, 2.45) is 11.8 Å². The van der Waals surface area contributed by atoms with Crippen molar-refractivity contribution in [1.82, 2.24) is 20.7 Å². The second-order valence-electron chi connectivity index (χ2n) is 8.56. The van der Waals surface area contributed by atoms with Crippen LogP contribution < -0.4 is 5.32 Å². The van der Waals surface area contributed by atoms with Crippen LogP contribution in [0, 0.1) is 11.8 Å². The number of rotatable bonds is 5. The van der Waals surface area contributed by atoms with E-state index in [1.807, 2.05) is 36.4 Å². The lowest BCUT2D eigenvalue weighted by atomic mass is 9.87. The Morgan fingerprint density at radius 3 is 2.75 bits per heavy atom. The normalized spacial score (nSPS) is 30.6. The molecule has 6 nitrogen and oxygen atoms in total. The van der Waals surface area contributed by atoms with E-state index in [0.29, 0.717) is 24.7 Å². The average molecular weight is 378 g/mol. The number of aliphatic hydroxyl groups excluding tert-OH is 1. The van der Waals surface area contributed by atoms with Crippen LogP contribution in [0.3, 0.4) is 0 Å². The second kappa shape index (κ2) is 6.95. The zero-order valence-corrected chi connectivity index (χ0v) is 15.8. The Kier molecular flexibility index (Phi) is 4.42. The van der Waals surface area contributed by atoms with Crippen LogP contribution in [-0.4, -0.2) is 43.8 Å². The monoisotopic (exact) mass is 378 g/mol. The van der Waals surface area contributed by atoms with Crippen LogP contribution in [0.4, 0.5) is 0 Å². The van der Waals surface area contributed by atoms with Gasteiger partial charge in [0.1, 0.15) is 11.0 Å². The van der Waals surface area contributed by atoms with Crippen molar-refractivity contribution in [3.05, 3.63) is 59.7 Å². The molecule has 2 fully saturated rings. The fourth-order valence-electron chi connectivity index (χ4n) is 5.30. The molecule has 2 aromatic carbocycles. The summed E-state index contributed by atoms with van der Waals surface area (Å²) in [5.74, 6) is 0.878. The molecule has 1 saturated heterocycles. The van der Waals surface area contributed by atoms with Gasteiger partial charge in [-0.25, -0.2) is 0 Å². The van der Waals surface area contributed by atoms with Crippen molar-refractivity contribution in [3.8, 4) is 0 Å². The Balaban J connectivity index is 1.27. The predicted octanol–water partition coefficient (Wildman–Crippen LogP) is 2.35. The first-order valence-electron chi connectivity index (χ1n) is 10.1. The first-order valence-corrected chi connectivity index (χ1v) is 10.1. The van der Waals surface area contributed by atoms with Crippen LogP contribution in [-0.2, 0) is 6.42 Å². The van der Waals surface area contributed by atoms with Gasteiger partial charge in [0.15, 0.2) is 0 Å². The van der Waals surface area contributed by atoms with Crippen LogP contribution in [0.25, 0.3) is 11.0 Å². The molecule has 1 aliphatic carbocycles. The average Bonchev–Trinajstić information content (AvgIpc) is 3.37. The highest BCUT2D eigenvalue weighted by Crippen LogP contribution is 2.47. The minimum Gasteiger partial charge on any atom is -0.390 e. The van der Waals surface area contributed by atoms with Gasteiger partial charge in [0, 0.05) is 12.5 Å². The molecule has 6 heteroatoms. The number of nitrogens with zero attached hydrogens (tertiary/aromatic N) is 2. The third kappa shape index (κ3) is 3.32. The van der Waals surface area contributed by atoms with E-state index in [1.54, 1.807) is 0 Å². The van der Waals surface area contributed by atoms with Gasteiger partial charge in [0.25, 0.3) is 0 Å². The van der Waals surface area contributed by atoms with Gasteiger partial charge in [-0.1, -0.05) is 36.4 Å². The number of aromatic nitrogens is 3.